The topological polar surface area (TPSA) is 66.6 Å². The van der Waals surface area contributed by atoms with Crippen LogP contribution in [0.5, 0.6) is 0 Å². The van der Waals surface area contributed by atoms with Crippen molar-refractivity contribution in [1.82, 2.24) is 9.88 Å². The van der Waals surface area contributed by atoms with Crippen LogP contribution in [0.2, 0.25) is 0 Å². The molecular weight excluding hydrogens is 244 g/mol. The van der Waals surface area contributed by atoms with E-state index in [2.05, 4.69) is 4.98 Å². The molecule has 0 amide bonds. The number of benzene rings is 1. The Morgan fingerprint density at radius 1 is 1.53 bits per heavy atom. The third-order valence-corrected chi connectivity index (χ3v) is 3.73. The molecule has 1 aromatic carbocycles. The summed E-state index contributed by atoms with van der Waals surface area (Å²) in [4.78, 5) is 17.6. The van der Waals surface area contributed by atoms with E-state index in [1.165, 1.54) is 0 Å². The van der Waals surface area contributed by atoms with E-state index in [0.29, 0.717) is 12.4 Å². The zero-order chi connectivity index (χ0) is 13.4. The minimum Gasteiger partial charge on any atom is -0.480 e. The largest absolute Gasteiger partial charge is 0.480 e. The van der Waals surface area contributed by atoms with Gasteiger partial charge < -0.3 is 9.52 Å². The first kappa shape index (κ1) is 12.2. The number of hydrogen-bond acceptors (Lipinski definition) is 4. The van der Waals surface area contributed by atoms with Crippen LogP contribution in [0, 0.1) is 5.92 Å². The summed E-state index contributed by atoms with van der Waals surface area (Å²) >= 11 is 0. The molecule has 0 radical (unpaired) electrons. The van der Waals surface area contributed by atoms with Crippen LogP contribution in [0.15, 0.2) is 28.7 Å². The summed E-state index contributed by atoms with van der Waals surface area (Å²) in [5.41, 5.74) is 1.56. The molecule has 2 atom stereocenters. The van der Waals surface area contributed by atoms with Crippen molar-refractivity contribution in [2.24, 2.45) is 5.92 Å². The van der Waals surface area contributed by atoms with Crippen molar-refractivity contribution in [3.8, 4) is 0 Å². The van der Waals surface area contributed by atoms with E-state index >= 15 is 0 Å². The minimum absolute atomic E-state index is 0.168. The molecule has 1 fully saturated rings. The van der Waals surface area contributed by atoms with Crippen LogP contribution in [0.1, 0.15) is 19.2 Å². The van der Waals surface area contributed by atoms with Gasteiger partial charge >= 0.3 is 5.97 Å². The normalized spacial score (nSPS) is 24.1. The average molecular weight is 260 g/mol. The zero-order valence-electron chi connectivity index (χ0n) is 10.7. The van der Waals surface area contributed by atoms with Crippen LogP contribution in [0.3, 0.4) is 0 Å². The molecule has 3 rings (SSSR count). The maximum atomic E-state index is 11.3. The highest BCUT2D eigenvalue weighted by Gasteiger charge is 2.37. The van der Waals surface area contributed by atoms with E-state index in [9.17, 15) is 9.90 Å². The van der Waals surface area contributed by atoms with Crippen LogP contribution < -0.4 is 0 Å². The van der Waals surface area contributed by atoms with Crippen molar-refractivity contribution in [2.45, 2.75) is 25.9 Å². The third-order valence-electron chi connectivity index (χ3n) is 3.73. The van der Waals surface area contributed by atoms with E-state index in [0.717, 1.165) is 24.1 Å². The number of carbonyl (C=O) groups is 1. The Bertz CT molecular complexity index is 575. The van der Waals surface area contributed by atoms with Crippen LogP contribution in [-0.4, -0.2) is 33.5 Å². The van der Waals surface area contributed by atoms with E-state index in [-0.39, 0.29) is 5.92 Å². The Kier molecular flexibility index (Phi) is 2.98. The van der Waals surface area contributed by atoms with Crippen LogP contribution in [0.25, 0.3) is 11.1 Å². The van der Waals surface area contributed by atoms with E-state index in [1.807, 2.05) is 36.1 Å². The number of hydrogen-bond donors (Lipinski definition) is 1. The lowest BCUT2D eigenvalue weighted by Gasteiger charge is -2.21. The van der Waals surface area contributed by atoms with Crippen LogP contribution in [0.4, 0.5) is 0 Å². The standard InChI is InChI=1S/C14H16N2O3/c1-9-6-7-16(13(9)14(17)18)8-12-15-10-4-2-3-5-11(10)19-12/h2-5,9,13H,6-8H2,1H3,(H,17,18). The van der Waals surface area contributed by atoms with Crippen molar-refractivity contribution in [3.05, 3.63) is 30.2 Å². The average Bonchev–Trinajstić information content (AvgIpc) is 2.92. The lowest BCUT2D eigenvalue weighted by molar-refractivity contribution is -0.143. The number of oxazole rings is 1. The number of para-hydroxylation sites is 2. The van der Waals surface area contributed by atoms with Crippen LogP contribution in [-0.2, 0) is 11.3 Å². The van der Waals surface area contributed by atoms with Crippen molar-refractivity contribution < 1.29 is 14.3 Å². The van der Waals surface area contributed by atoms with Gasteiger partial charge in [-0.1, -0.05) is 19.1 Å². The smallest absolute Gasteiger partial charge is 0.321 e. The summed E-state index contributed by atoms with van der Waals surface area (Å²) < 4.78 is 5.65. The first-order valence-corrected chi connectivity index (χ1v) is 6.46. The maximum Gasteiger partial charge on any atom is 0.321 e. The summed E-state index contributed by atoms with van der Waals surface area (Å²) in [5, 5.41) is 9.28. The number of fused-ring (bicyclic) bond motifs is 1. The molecular formula is C14H16N2O3. The number of carboxylic acids is 1. The molecule has 1 aliphatic rings. The third kappa shape index (κ3) is 2.21. The van der Waals surface area contributed by atoms with Gasteiger partial charge in [0.1, 0.15) is 11.6 Å². The lowest BCUT2D eigenvalue weighted by atomic mass is 10.0. The molecule has 2 unspecified atom stereocenters. The Morgan fingerprint density at radius 2 is 2.32 bits per heavy atom. The monoisotopic (exact) mass is 260 g/mol. The predicted molar refractivity (Wildman–Crippen MR) is 69.6 cm³/mol. The summed E-state index contributed by atoms with van der Waals surface area (Å²) in [6.45, 7) is 3.21. The molecule has 5 heteroatoms. The molecule has 2 aromatic rings. The number of likely N-dealkylation sites (tertiary alicyclic amines) is 1. The van der Waals surface area contributed by atoms with Crippen molar-refractivity contribution >= 4 is 17.1 Å². The second kappa shape index (κ2) is 4.66. The fraction of sp³-hybridized carbons (Fsp3) is 0.429. The van der Waals surface area contributed by atoms with Gasteiger partial charge in [0.2, 0.25) is 5.89 Å². The summed E-state index contributed by atoms with van der Waals surface area (Å²) in [6, 6.07) is 7.13. The summed E-state index contributed by atoms with van der Waals surface area (Å²) in [7, 11) is 0. The summed E-state index contributed by atoms with van der Waals surface area (Å²) in [6.07, 6.45) is 0.900. The molecule has 0 bridgehead atoms. The highest BCUT2D eigenvalue weighted by atomic mass is 16.4. The summed E-state index contributed by atoms with van der Waals surface area (Å²) in [5.74, 6) is -0.00969. The second-order valence-corrected chi connectivity index (χ2v) is 5.09. The lowest BCUT2D eigenvalue weighted by Crippen LogP contribution is -2.38. The Labute approximate surface area is 110 Å². The van der Waals surface area contributed by atoms with Gasteiger partial charge in [0.05, 0.1) is 6.54 Å². The number of aromatic nitrogens is 1. The van der Waals surface area contributed by atoms with E-state index < -0.39 is 12.0 Å². The fourth-order valence-corrected chi connectivity index (χ4v) is 2.76. The number of carboxylic acid groups (broad SMARTS) is 1. The Morgan fingerprint density at radius 3 is 3.05 bits per heavy atom. The molecule has 1 saturated heterocycles. The van der Waals surface area contributed by atoms with E-state index in [4.69, 9.17) is 4.42 Å². The fourth-order valence-electron chi connectivity index (χ4n) is 2.76. The molecule has 1 N–H and O–H groups in total. The van der Waals surface area contributed by atoms with E-state index in [1.54, 1.807) is 0 Å². The van der Waals surface area contributed by atoms with Gasteiger partial charge in [-0.05, 0) is 31.0 Å². The highest BCUT2D eigenvalue weighted by molar-refractivity contribution is 5.74. The van der Waals surface area contributed by atoms with Gasteiger partial charge in [0.15, 0.2) is 5.58 Å². The Hall–Kier alpha value is -1.88. The molecule has 100 valence electrons. The molecule has 0 saturated carbocycles. The van der Waals surface area contributed by atoms with Gasteiger partial charge in [-0.2, -0.15) is 0 Å². The van der Waals surface area contributed by atoms with Gasteiger partial charge in [-0.3, -0.25) is 9.69 Å². The van der Waals surface area contributed by atoms with Gasteiger partial charge in [-0.25, -0.2) is 4.98 Å². The van der Waals surface area contributed by atoms with Gasteiger partial charge in [0.25, 0.3) is 0 Å². The number of aliphatic carboxylic acids is 1. The predicted octanol–water partition coefficient (Wildman–Crippen LogP) is 2.12. The molecule has 0 aliphatic carbocycles. The zero-order valence-corrected chi connectivity index (χ0v) is 10.7. The molecule has 0 spiro atoms. The first-order chi connectivity index (χ1) is 9.15. The molecule has 1 aliphatic heterocycles. The number of nitrogens with zero attached hydrogens (tertiary/aromatic N) is 2. The van der Waals surface area contributed by atoms with Crippen molar-refractivity contribution in [1.29, 1.82) is 0 Å². The minimum atomic E-state index is -0.763. The number of rotatable bonds is 3. The molecule has 1 aromatic heterocycles. The van der Waals surface area contributed by atoms with Crippen molar-refractivity contribution in [3.63, 3.8) is 0 Å². The second-order valence-electron chi connectivity index (χ2n) is 5.09. The molecule has 19 heavy (non-hydrogen) atoms. The van der Waals surface area contributed by atoms with Gasteiger partial charge in [-0.15, -0.1) is 0 Å². The van der Waals surface area contributed by atoms with Gasteiger partial charge in [0, 0.05) is 0 Å². The first-order valence-electron chi connectivity index (χ1n) is 6.46. The highest BCUT2D eigenvalue weighted by Crippen LogP contribution is 2.26. The van der Waals surface area contributed by atoms with Crippen molar-refractivity contribution in [2.75, 3.05) is 6.54 Å². The Balaban J connectivity index is 1.82. The quantitative estimate of drug-likeness (QED) is 0.915. The molecule has 5 nitrogen and oxygen atoms in total. The van der Waals surface area contributed by atoms with Crippen LogP contribution >= 0.6 is 0 Å². The molecule has 2 heterocycles. The SMILES string of the molecule is CC1CCN(Cc2nc3ccccc3o2)C1C(=O)O. The maximum absolute atomic E-state index is 11.3.